The van der Waals surface area contributed by atoms with Crippen LogP contribution in [-0.2, 0) is 0 Å². The SMILES string of the molecule is C1=CCC(c2nc(-c3ccc(-c4ccccc4)cc3)nc(-c3cccc4oc5c(-c6cccc7c6oc6ccccc67)cccc5c34)n2)C=C1. The van der Waals surface area contributed by atoms with Crippen LogP contribution in [0.25, 0.3) is 88.9 Å². The summed E-state index contributed by atoms with van der Waals surface area (Å²) in [6.07, 6.45) is 9.31. The van der Waals surface area contributed by atoms with Crippen LogP contribution in [0.5, 0.6) is 0 Å². The molecule has 0 N–H and O–H groups in total. The van der Waals surface area contributed by atoms with Gasteiger partial charge in [0, 0.05) is 49.7 Å². The highest BCUT2D eigenvalue weighted by Crippen LogP contribution is 2.43. The third-order valence-electron chi connectivity index (χ3n) is 9.67. The van der Waals surface area contributed by atoms with Gasteiger partial charge in [-0.25, -0.2) is 15.0 Å². The number of para-hydroxylation sites is 3. The Morgan fingerprint density at radius 3 is 1.90 bits per heavy atom. The van der Waals surface area contributed by atoms with Crippen molar-refractivity contribution < 1.29 is 8.83 Å². The largest absolute Gasteiger partial charge is 0.455 e. The number of aromatic nitrogens is 3. The van der Waals surface area contributed by atoms with Gasteiger partial charge in [0.1, 0.15) is 28.2 Å². The van der Waals surface area contributed by atoms with Crippen molar-refractivity contribution >= 4 is 43.9 Å². The highest BCUT2D eigenvalue weighted by atomic mass is 16.3. The predicted octanol–water partition coefficient (Wildman–Crippen LogP) is 11.9. The van der Waals surface area contributed by atoms with Gasteiger partial charge in [0.15, 0.2) is 11.6 Å². The van der Waals surface area contributed by atoms with Gasteiger partial charge in [-0.3, -0.25) is 0 Å². The second kappa shape index (κ2) is 11.5. The van der Waals surface area contributed by atoms with E-state index >= 15 is 0 Å². The summed E-state index contributed by atoms with van der Waals surface area (Å²) in [5.74, 6) is 2.08. The molecule has 1 unspecified atom stereocenters. The van der Waals surface area contributed by atoms with Crippen LogP contribution in [-0.4, -0.2) is 15.0 Å². The van der Waals surface area contributed by atoms with E-state index in [1.165, 1.54) is 5.56 Å². The molecule has 0 spiro atoms. The molecule has 1 atom stereocenters. The van der Waals surface area contributed by atoms with Crippen LogP contribution < -0.4 is 0 Å². The van der Waals surface area contributed by atoms with Crippen LogP contribution >= 0.6 is 0 Å². The minimum absolute atomic E-state index is 0.0558. The predicted molar refractivity (Wildman–Crippen MR) is 202 cm³/mol. The first-order valence-corrected chi connectivity index (χ1v) is 16.9. The molecule has 1 aliphatic rings. The summed E-state index contributed by atoms with van der Waals surface area (Å²) in [4.78, 5) is 15.3. The molecule has 5 heteroatoms. The van der Waals surface area contributed by atoms with Gasteiger partial charge in [-0.1, -0.05) is 146 Å². The van der Waals surface area contributed by atoms with Crippen LogP contribution in [0.4, 0.5) is 0 Å². The number of furan rings is 2. The lowest BCUT2D eigenvalue weighted by Gasteiger charge is -2.15. The third kappa shape index (κ3) is 4.66. The number of hydrogen-bond acceptors (Lipinski definition) is 5. The summed E-state index contributed by atoms with van der Waals surface area (Å²) in [6.45, 7) is 0. The Morgan fingerprint density at radius 2 is 1.08 bits per heavy atom. The molecule has 6 aromatic carbocycles. The molecule has 0 aliphatic heterocycles. The van der Waals surface area contributed by atoms with E-state index in [-0.39, 0.29) is 5.92 Å². The molecule has 0 saturated heterocycles. The Bertz CT molecular complexity index is 2790. The van der Waals surface area contributed by atoms with Gasteiger partial charge in [0.05, 0.1) is 0 Å². The van der Waals surface area contributed by atoms with E-state index in [2.05, 4.69) is 121 Å². The summed E-state index contributed by atoms with van der Waals surface area (Å²) >= 11 is 0. The highest BCUT2D eigenvalue weighted by molar-refractivity contribution is 6.17. The summed E-state index contributed by atoms with van der Waals surface area (Å²) in [5, 5.41) is 4.16. The Kier molecular flexibility index (Phi) is 6.56. The molecule has 9 aromatic rings. The van der Waals surface area contributed by atoms with Crippen LogP contribution in [0.3, 0.4) is 0 Å². The quantitative estimate of drug-likeness (QED) is 0.187. The van der Waals surface area contributed by atoms with Crippen molar-refractivity contribution in [2.75, 3.05) is 0 Å². The summed E-state index contributed by atoms with van der Waals surface area (Å²) < 4.78 is 13.1. The van der Waals surface area contributed by atoms with Crippen molar-refractivity contribution in [3.63, 3.8) is 0 Å². The van der Waals surface area contributed by atoms with Crippen LogP contribution in [0.15, 0.2) is 167 Å². The molecule has 0 fully saturated rings. The molecule has 236 valence electrons. The molecule has 3 heterocycles. The smallest absolute Gasteiger partial charge is 0.164 e. The average molecular weight is 644 g/mol. The standard InChI is InChI=1S/C45H29N3O2/c1-3-12-28(13-4-1)29-24-26-31(27-25-29)44-46-43(30-14-5-2-6-15-30)47-45(48-44)37-21-11-23-39-40(37)36-20-10-19-35(42(36)50-39)34-18-9-17-33-32-16-7-8-22-38(32)49-41(33)34/h1-14,16-27,30H,15H2. The number of allylic oxidation sites excluding steroid dienone is 4. The van der Waals surface area contributed by atoms with Gasteiger partial charge >= 0.3 is 0 Å². The zero-order valence-electron chi connectivity index (χ0n) is 27.0. The van der Waals surface area contributed by atoms with E-state index in [9.17, 15) is 0 Å². The van der Waals surface area contributed by atoms with Crippen molar-refractivity contribution in [2.24, 2.45) is 0 Å². The van der Waals surface area contributed by atoms with Gasteiger partial charge in [0.2, 0.25) is 0 Å². The Hall–Kier alpha value is -6.59. The Morgan fingerprint density at radius 1 is 0.460 bits per heavy atom. The first kappa shape index (κ1) is 28.4. The first-order valence-electron chi connectivity index (χ1n) is 16.9. The average Bonchev–Trinajstić information content (AvgIpc) is 3.77. The van der Waals surface area contributed by atoms with Crippen LogP contribution in [0.1, 0.15) is 18.2 Å². The molecule has 0 bridgehead atoms. The number of benzene rings is 6. The van der Waals surface area contributed by atoms with Crippen molar-refractivity contribution in [3.8, 4) is 45.0 Å². The van der Waals surface area contributed by atoms with Crippen molar-refractivity contribution in [3.05, 3.63) is 164 Å². The molecule has 0 radical (unpaired) electrons. The molecular weight excluding hydrogens is 615 g/mol. The lowest BCUT2D eigenvalue weighted by atomic mass is 9.98. The maximum absolute atomic E-state index is 6.71. The lowest BCUT2D eigenvalue weighted by Crippen LogP contribution is -2.08. The zero-order chi connectivity index (χ0) is 33.0. The van der Waals surface area contributed by atoms with Crippen LogP contribution in [0.2, 0.25) is 0 Å². The molecule has 10 rings (SSSR count). The molecular formula is C45H29N3O2. The van der Waals surface area contributed by atoms with Gasteiger partial charge < -0.3 is 8.83 Å². The number of rotatable bonds is 5. The third-order valence-corrected chi connectivity index (χ3v) is 9.67. The van der Waals surface area contributed by atoms with E-state index in [4.69, 9.17) is 23.8 Å². The van der Waals surface area contributed by atoms with Crippen molar-refractivity contribution in [1.82, 2.24) is 15.0 Å². The maximum atomic E-state index is 6.71. The fraction of sp³-hybridized carbons (Fsp3) is 0.0444. The molecule has 0 amide bonds. The first-order chi connectivity index (χ1) is 24.8. The normalized spacial score (nSPS) is 14.4. The van der Waals surface area contributed by atoms with Crippen molar-refractivity contribution in [2.45, 2.75) is 12.3 Å². The zero-order valence-corrected chi connectivity index (χ0v) is 27.0. The molecule has 5 nitrogen and oxygen atoms in total. The van der Waals surface area contributed by atoms with E-state index in [0.29, 0.717) is 11.6 Å². The number of fused-ring (bicyclic) bond motifs is 6. The monoisotopic (exact) mass is 643 g/mol. The fourth-order valence-corrected chi connectivity index (χ4v) is 7.23. The van der Waals surface area contributed by atoms with Gasteiger partial charge in [-0.05, 0) is 29.7 Å². The number of nitrogens with zero attached hydrogens (tertiary/aromatic N) is 3. The second-order valence-corrected chi connectivity index (χ2v) is 12.7. The highest BCUT2D eigenvalue weighted by Gasteiger charge is 2.22. The minimum atomic E-state index is 0.0558. The van der Waals surface area contributed by atoms with E-state index < -0.39 is 0 Å². The molecule has 3 aromatic heterocycles. The Labute approximate surface area is 287 Å². The van der Waals surface area contributed by atoms with Crippen molar-refractivity contribution in [1.29, 1.82) is 0 Å². The van der Waals surface area contributed by atoms with E-state index in [1.54, 1.807) is 0 Å². The summed E-state index contributed by atoms with van der Waals surface area (Å²) in [5.41, 5.74) is 9.42. The van der Waals surface area contributed by atoms with Crippen LogP contribution in [0, 0.1) is 0 Å². The maximum Gasteiger partial charge on any atom is 0.164 e. The molecule has 1 aliphatic carbocycles. The van der Waals surface area contributed by atoms with E-state index in [1.807, 2.05) is 36.4 Å². The lowest BCUT2D eigenvalue weighted by molar-refractivity contribution is 0.665. The second-order valence-electron chi connectivity index (χ2n) is 12.7. The molecule has 50 heavy (non-hydrogen) atoms. The van der Waals surface area contributed by atoms with Gasteiger partial charge in [-0.2, -0.15) is 0 Å². The minimum Gasteiger partial charge on any atom is -0.455 e. The summed E-state index contributed by atoms with van der Waals surface area (Å²) in [7, 11) is 0. The van der Waals surface area contributed by atoms with Gasteiger partial charge in [0.25, 0.3) is 0 Å². The number of hydrogen-bond donors (Lipinski definition) is 0. The summed E-state index contributed by atoms with van der Waals surface area (Å²) in [6, 6.07) is 45.7. The molecule has 0 saturated carbocycles. The fourth-order valence-electron chi connectivity index (χ4n) is 7.23. The van der Waals surface area contributed by atoms with E-state index in [0.717, 1.165) is 83.9 Å². The topological polar surface area (TPSA) is 65.0 Å². The Balaban J connectivity index is 1.15. The van der Waals surface area contributed by atoms with Gasteiger partial charge in [-0.15, -0.1) is 0 Å².